The first-order chi connectivity index (χ1) is 31.2. The minimum absolute atomic E-state index is 0.0595. The summed E-state index contributed by atoms with van der Waals surface area (Å²) >= 11 is 19.3. The first-order valence-electron chi connectivity index (χ1n) is 19.9. The van der Waals surface area contributed by atoms with Crippen molar-refractivity contribution in [3.05, 3.63) is 185 Å². The van der Waals surface area contributed by atoms with Crippen molar-refractivity contribution in [1.82, 2.24) is 5.32 Å². The maximum absolute atomic E-state index is 14.2. The van der Waals surface area contributed by atoms with Gasteiger partial charge in [-0.2, -0.15) is 0 Å². The van der Waals surface area contributed by atoms with Gasteiger partial charge in [0.2, 0.25) is 0 Å². The smallest absolute Gasteiger partial charge is 0.141 e. The molecule has 350 valence electrons. The molecule has 0 bridgehead atoms. The minimum atomic E-state index is -0.994. The number of hydrogen-bond acceptors (Lipinski definition) is 7. The largest absolute Gasteiger partial charge is 0.508 e. The molecule has 4 N–H and O–H groups in total. The fraction of sp³-hybridized carbons (Fsp3) is 0.250. The Labute approximate surface area is 427 Å². The van der Waals surface area contributed by atoms with E-state index in [0.29, 0.717) is 57.1 Å². The maximum Gasteiger partial charge on any atom is 0.141 e. The van der Waals surface area contributed by atoms with E-state index in [1.807, 2.05) is 31.3 Å². The van der Waals surface area contributed by atoms with Crippen LogP contribution in [-0.2, 0) is 0 Å². The van der Waals surface area contributed by atoms with Crippen molar-refractivity contribution < 1.29 is 47.1 Å². The van der Waals surface area contributed by atoms with Crippen molar-refractivity contribution in [2.75, 3.05) is 44.1 Å². The average Bonchev–Trinajstić information content (AvgIpc) is 3.29. The number of ether oxygens (including phenoxy) is 3. The maximum atomic E-state index is 14.2. The third kappa shape index (κ3) is 20.8. The molecular weight excluding hydrogens is 1240 g/mol. The fourth-order valence-corrected chi connectivity index (χ4v) is 6.75. The summed E-state index contributed by atoms with van der Waals surface area (Å²) in [6, 6.07) is 32.1. The fourth-order valence-electron chi connectivity index (χ4n) is 5.27. The number of phenols is 1. The van der Waals surface area contributed by atoms with Crippen LogP contribution in [0.2, 0.25) is 0 Å². The van der Waals surface area contributed by atoms with Crippen LogP contribution in [0.1, 0.15) is 53.7 Å². The highest BCUT2D eigenvalue weighted by molar-refractivity contribution is 9.11. The van der Waals surface area contributed by atoms with Crippen LogP contribution in [-0.4, -0.2) is 59.4 Å². The van der Waals surface area contributed by atoms with Gasteiger partial charge in [-0.15, -0.1) is 0 Å². The van der Waals surface area contributed by atoms with Gasteiger partial charge in [-0.05, 0) is 149 Å². The molecule has 65 heavy (non-hydrogen) atoms. The highest BCUT2D eigenvalue weighted by Gasteiger charge is 2.17. The van der Waals surface area contributed by atoms with E-state index in [-0.39, 0.29) is 22.7 Å². The van der Waals surface area contributed by atoms with Gasteiger partial charge in [0.15, 0.2) is 0 Å². The van der Waals surface area contributed by atoms with E-state index in [2.05, 4.69) is 101 Å². The van der Waals surface area contributed by atoms with Crippen LogP contribution in [0.5, 0.6) is 23.0 Å². The van der Waals surface area contributed by atoms with Gasteiger partial charge in [-0.25, -0.2) is 17.6 Å². The molecule has 0 aliphatic rings. The zero-order chi connectivity index (χ0) is 47.7. The van der Waals surface area contributed by atoms with Crippen molar-refractivity contribution in [2.45, 2.75) is 31.5 Å². The van der Waals surface area contributed by atoms with Gasteiger partial charge in [0, 0.05) is 55.0 Å². The van der Waals surface area contributed by atoms with Crippen molar-refractivity contribution >= 4 is 95.6 Å². The number of aromatic hydroxyl groups is 1. The van der Waals surface area contributed by atoms with Gasteiger partial charge in [-0.3, -0.25) is 0 Å². The number of alkyl halides is 2. The Morgan fingerprint density at radius 1 is 0.492 bits per heavy atom. The number of nitrogens with one attached hydrogen (secondary N) is 1. The van der Waals surface area contributed by atoms with Crippen LogP contribution in [0.15, 0.2) is 139 Å². The number of aliphatic hydroxyl groups excluding tert-OH is 2. The first-order valence-corrected chi connectivity index (χ1v) is 25.3. The molecule has 0 radical (unpaired) electrons. The predicted octanol–water partition coefficient (Wildman–Crippen LogP) is 14.5. The number of rotatable bonds is 17. The summed E-state index contributed by atoms with van der Waals surface area (Å²) in [5.74, 6) is -0.229. The summed E-state index contributed by atoms with van der Waals surface area (Å²) in [6.45, 7) is 2.50. The predicted molar refractivity (Wildman–Crippen MR) is 271 cm³/mol. The second-order valence-corrected chi connectivity index (χ2v) is 18.7. The standard InChI is InChI=1S/C17H19BrFNO2.C16H15Br2FO2.C9H9Br2FO.C6H4BrFO/c1-20-9-2-10-22-14-7-8-15(16(19)11-14)17(21)12-3-5-13(18)6-4-12;17-8-1-9-21-13-6-7-14(15(19)10-13)16(20)11-2-4-12(18)5-3-11;10-4-1-5-13-7-2-3-8(11)9(12)6-7;7-5-2-1-4(9)3-6(5)8/h3-8,11,17,20-21H,2,9-10H2,1H3;2-7,10,16,20H,1,8-9H2;2-3,6H,1,4-5H2;1-3,9H. The van der Waals surface area contributed by atoms with Gasteiger partial charge in [0.05, 0.1) is 28.8 Å². The molecule has 17 heteroatoms. The lowest BCUT2D eigenvalue weighted by atomic mass is 10.0. The molecule has 7 nitrogen and oxygen atoms in total. The Hall–Kier alpha value is -3.00. The quantitative estimate of drug-likeness (QED) is 0.0410. The van der Waals surface area contributed by atoms with Gasteiger partial charge in [0.25, 0.3) is 0 Å². The first kappa shape index (κ1) is 56.3. The van der Waals surface area contributed by atoms with Crippen LogP contribution in [0.3, 0.4) is 0 Å². The van der Waals surface area contributed by atoms with Crippen molar-refractivity contribution in [2.24, 2.45) is 0 Å². The zero-order valence-electron chi connectivity index (χ0n) is 34.9. The van der Waals surface area contributed by atoms with Crippen molar-refractivity contribution in [3.8, 4) is 23.0 Å². The number of halogens is 10. The third-order valence-electron chi connectivity index (χ3n) is 8.63. The molecule has 6 aromatic rings. The van der Waals surface area contributed by atoms with Crippen molar-refractivity contribution in [3.63, 3.8) is 0 Å². The molecule has 0 saturated heterocycles. The normalized spacial score (nSPS) is 11.4. The molecule has 2 unspecified atom stereocenters. The molecule has 0 spiro atoms. The number of hydrogen-bond donors (Lipinski definition) is 4. The molecule has 0 saturated carbocycles. The number of phenolic OH excluding ortho intramolecular Hbond substituents is 1. The monoisotopic (exact) mass is 1280 g/mol. The molecule has 6 rings (SSSR count). The lowest BCUT2D eigenvalue weighted by Gasteiger charge is -2.14. The molecule has 0 amide bonds. The molecular formula is C48H47Br6F4NO6. The summed E-state index contributed by atoms with van der Waals surface area (Å²) in [5, 5.41) is 34.0. The Morgan fingerprint density at radius 3 is 1.22 bits per heavy atom. The van der Waals surface area contributed by atoms with Crippen LogP contribution < -0.4 is 19.5 Å². The lowest BCUT2D eigenvalue weighted by Crippen LogP contribution is -2.11. The third-order valence-corrected chi connectivity index (χ3v) is 12.1. The van der Waals surface area contributed by atoms with Gasteiger partial charge in [-0.1, -0.05) is 88.0 Å². The van der Waals surface area contributed by atoms with Crippen LogP contribution >= 0.6 is 95.6 Å². The zero-order valence-corrected chi connectivity index (χ0v) is 44.4. The Bertz CT molecular complexity index is 2320. The Kier molecular flexibility index (Phi) is 27.0. The molecule has 6 aromatic carbocycles. The van der Waals surface area contributed by atoms with Gasteiger partial charge in [0.1, 0.15) is 58.5 Å². The van der Waals surface area contributed by atoms with E-state index >= 15 is 0 Å². The SMILES string of the molecule is CNCCCOc1ccc(C(O)c2ccc(Br)cc2)c(F)c1.Fc1cc(OCCCBr)ccc1Br.OC(c1ccc(Br)cc1)c1ccc(OCCCBr)cc1F.Oc1ccc(Br)c(F)c1. The number of benzene rings is 6. The summed E-state index contributed by atoms with van der Waals surface area (Å²) in [7, 11) is 1.87. The van der Waals surface area contributed by atoms with E-state index in [0.717, 1.165) is 51.5 Å². The molecule has 0 aromatic heterocycles. The van der Waals surface area contributed by atoms with Gasteiger partial charge >= 0.3 is 0 Å². The van der Waals surface area contributed by atoms with E-state index in [1.165, 1.54) is 30.3 Å². The van der Waals surface area contributed by atoms with Crippen LogP contribution in [0, 0.1) is 23.3 Å². The van der Waals surface area contributed by atoms with Crippen molar-refractivity contribution in [1.29, 1.82) is 0 Å². The van der Waals surface area contributed by atoms with E-state index in [9.17, 15) is 27.8 Å². The van der Waals surface area contributed by atoms with Crippen LogP contribution in [0.25, 0.3) is 0 Å². The molecule has 0 fully saturated rings. The summed E-state index contributed by atoms with van der Waals surface area (Å²) < 4.78 is 72.5. The summed E-state index contributed by atoms with van der Waals surface area (Å²) in [6.07, 6.45) is 0.630. The van der Waals surface area contributed by atoms with Crippen LogP contribution in [0.4, 0.5) is 17.6 Å². The van der Waals surface area contributed by atoms with E-state index in [1.54, 1.807) is 60.7 Å². The molecule has 0 aliphatic heterocycles. The highest BCUT2D eigenvalue weighted by atomic mass is 79.9. The summed E-state index contributed by atoms with van der Waals surface area (Å²) in [5.41, 5.74) is 1.77. The minimum Gasteiger partial charge on any atom is -0.508 e. The van der Waals surface area contributed by atoms with E-state index < -0.39 is 29.7 Å². The topological polar surface area (TPSA) is 100 Å². The molecule has 0 aliphatic carbocycles. The highest BCUT2D eigenvalue weighted by Crippen LogP contribution is 2.30. The average molecular weight is 1290 g/mol. The van der Waals surface area contributed by atoms with E-state index in [4.69, 9.17) is 19.3 Å². The second kappa shape index (κ2) is 31.1. The lowest BCUT2D eigenvalue weighted by molar-refractivity contribution is 0.214. The van der Waals surface area contributed by atoms with Gasteiger partial charge < -0.3 is 34.8 Å². The molecule has 2 atom stereocenters. The Balaban J connectivity index is 0.000000242. The second-order valence-electron chi connectivity index (χ2n) is 13.5. The molecule has 0 heterocycles. The number of aliphatic hydroxyl groups is 2. The Morgan fingerprint density at radius 2 is 0.862 bits per heavy atom. The summed E-state index contributed by atoms with van der Waals surface area (Å²) in [4.78, 5) is 0.